The van der Waals surface area contributed by atoms with E-state index in [9.17, 15) is 19.2 Å². The Morgan fingerprint density at radius 2 is 1.54 bits per heavy atom. The highest BCUT2D eigenvalue weighted by atomic mass is 16.4. The Balaban J connectivity index is 1.11. The standard InChI is InChI=1S/C40H49N9O5/c1-24-21-30(38(51)43-33-18-16-31(41-2)17-19-33)13-20-34(24)27-7-3-25(4-8-27)22-35(45-37(50)29-9-5-26(6-10-29)23-42-40(53)54)39(52)44-32-14-11-28(12-15-32)36-46-48-49-47-36/h3-4,7-8,11-15,20-21,26,29,31,33,35,41-42H,5-6,9-10,16-19,22-23H2,1-2H3,(H,43,51)(H,44,52)(H,45,50)(H,53,54)(H,46,47,48,49)/t26?,29?,31-,33-,35-/m0/s1. The number of amides is 4. The lowest BCUT2D eigenvalue weighted by Gasteiger charge is -2.29. The average Bonchev–Trinajstić information content (AvgIpc) is 3.73. The molecule has 2 fully saturated rings. The molecule has 1 heterocycles. The second kappa shape index (κ2) is 17.9. The summed E-state index contributed by atoms with van der Waals surface area (Å²) in [5.41, 5.74) is 5.81. The van der Waals surface area contributed by atoms with Gasteiger partial charge in [-0.15, -0.1) is 5.10 Å². The molecule has 2 aliphatic carbocycles. The summed E-state index contributed by atoms with van der Waals surface area (Å²) in [6.07, 6.45) is 5.97. The predicted molar refractivity (Wildman–Crippen MR) is 205 cm³/mol. The Morgan fingerprint density at radius 3 is 2.17 bits per heavy atom. The number of aromatic amines is 1. The number of aromatic nitrogens is 4. The highest BCUT2D eigenvalue weighted by Crippen LogP contribution is 2.30. The number of nitrogens with one attached hydrogen (secondary N) is 6. The van der Waals surface area contributed by atoms with E-state index in [0.29, 0.717) is 42.5 Å². The molecular weight excluding hydrogens is 686 g/mol. The Kier molecular flexibility index (Phi) is 12.7. The summed E-state index contributed by atoms with van der Waals surface area (Å²) in [7, 11) is 1.99. The van der Waals surface area contributed by atoms with Gasteiger partial charge in [-0.25, -0.2) is 9.89 Å². The van der Waals surface area contributed by atoms with Gasteiger partial charge in [-0.05, 0) is 140 Å². The number of benzene rings is 3. The molecule has 7 N–H and O–H groups in total. The highest BCUT2D eigenvalue weighted by molar-refractivity contribution is 5.98. The minimum atomic E-state index is -1.05. The first-order chi connectivity index (χ1) is 26.1. The topological polar surface area (TPSA) is 203 Å². The molecule has 0 aliphatic heterocycles. The molecule has 0 saturated heterocycles. The van der Waals surface area contributed by atoms with Crippen molar-refractivity contribution in [1.29, 1.82) is 0 Å². The van der Waals surface area contributed by atoms with Crippen LogP contribution in [0.3, 0.4) is 0 Å². The highest BCUT2D eigenvalue weighted by Gasteiger charge is 2.30. The molecule has 14 nitrogen and oxygen atoms in total. The zero-order chi connectivity index (χ0) is 38.0. The van der Waals surface area contributed by atoms with Gasteiger partial charge in [0.2, 0.25) is 11.8 Å². The first-order valence-corrected chi connectivity index (χ1v) is 18.8. The third-order valence-electron chi connectivity index (χ3n) is 10.8. The van der Waals surface area contributed by atoms with Gasteiger partial charge in [-0.1, -0.05) is 30.3 Å². The van der Waals surface area contributed by atoms with Crippen molar-refractivity contribution in [3.05, 3.63) is 83.4 Å². The number of carbonyl (C=O) groups excluding carboxylic acids is 3. The van der Waals surface area contributed by atoms with Crippen molar-refractivity contribution in [2.24, 2.45) is 11.8 Å². The quantitative estimate of drug-likeness (QED) is 0.100. The van der Waals surface area contributed by atoms with Gasteiger partial charge in [0, 0.05) is 47.8 Å². The maximum absolute atomic E-state index is 13.8. The van der Waals surface area contributed by atoms with E-state index in [1.54, 1.807) is 24.3 Å². The fourth-order valence-corrected chi connectivity index (χ4v) is 7.56. The molecule has 54 heavy (non-hydrogen) atoms. The number of anilines is 1. The van der Waals surface area contributed by atoms with Crippen molar-refractivity contribution < 1.29 is 24.3 Å². The van der Waals surface area contributed by atoms with Crippen LogP contribution in [0.25, 0.3) is 22.5 Å². The van der Waals surface area contributed by atoms with Crippen LogP contribution < -0.4 is 26.6 Å². The second-order valence-electron chi connectivity index (χ2n) is 14.5. The fourth-order valence-electron chi connectivity index (χ4n) is 7.56. The van der Waals surface area contributed by atoms with Gasteiger partial charge in [0.1, 0.15) is 6.04 Å². The van der Waals surface area contributed by atoms with Gasteiger partial charge in [0.05, 0.1) is 0 Å². The molecule has 0 bridgehead atoms. The molecule has 284 valence electrons. The summed E-state index contributed by atoms with van der Waals surface area (Å²) in [4.78, 5) is 51.3. The van der Waals surface area contributed by atoms with Crippen LogP contribution in [0.5, 0.6) is 0 Å². The van der Waals surface area contributed by atoms with E-state index in [-0.39, 0.29) is 42.0 Å². The lowest BCUT2D eigenvalue weighted by molar-refractivity contribution is -0.130. The van der Waals surface area contributed by atoms with E-state index in [1.165, 1.54) is 0 Å². The van der Waals surface area contributed by atoms with Crippen LogP contribution in [0.4, 0.5) is 10.5 Å². The van der Waals surface area contributed by atoms with Crippen LogP contribution in [0.2, 0.25) is 0 Å². The van der Waals surface area contributed by atoms with Crippen LogP contribution >= 0.6 is 0 Å². The van der Waals surface area contributed by atoms with Crippen molar-refractivity contribution in [2.75, 3.05) is 18.9 Å². The molecule has 2 saturated carbocycles. The molecule has 0 spiro atoms. The number of hydrogen-bond acceptors (Lipinski definition) is 8. The molecule has 1 aromatic heterocycles. The van der Waals surface area contributed by atoms with Gasteiger partial charge < -0.3 is 31.7 Å². The molecule has 0 unspecified atom stereocenters. The predicted octanol–water partition coefficient (Wildman–Crippen LogP) is 4.84. The first-order valence-electron chi connectivity index (χ1n) is 18.8. The lowest BCUT2D eigenvalue weighted by atomic mass is 9.81. The maximum atomic E-state index is 13.8. The number of carboxylic acid groups (broad SMARTS) is 1. The molecule has 1 atom stereocenters. The van der Waals surface area contributed by atoms with Crippen molar-refractivity contribution >= 4 is 29.5 Å². The van der Waals surface area contributed by atoms with Crippen LogP contribution in [-0.2, 0) is 16.0 Å². The summed E-state index contributed by atoms with van der Waals surface area (Å²) in [5, 5.41) is 37.8. The minimum absolute atomic E-state index is 0.0504. The molecular formula is C40H49N9O5. The van der Waals surface area contributed by atoms with Gasteiger partial charge in [0.15, 0.2) is 5.82 Å². The summed E-state index contributed by atoms with van der Waals surface area (Å²) < 4.78 is 0. The number of hydrogen-bond donors (Lipinski definition) is 7. The number of carbonyl (C=O) groups is 4. The maximum Gasteiger partial charge on any atom is 0.404 e. The van der Waals surface area contributed by atoms with Crippen LogP contribution in [0.1, 0.15) is 72.9 Å². The molecule has 4 amide bonds. The molecule has 6 rings (SSSR count). The fraction of sp³-hybridized carbons (Fsp3) is 0.425. The Hall–Kier alpha value is -5.63. The summed E-state index contributed by atoms with van der Waals surface area (Å²) in [6, 6.07) is 20.6. The summed E-state index contributed by atoms with van der Waals surface area (Å²) in [6.45, 7) is 2.37. The normalized spacial score (nSPS) is 20.3. The Bertz CT molecular complexity index is 1880. The van der Waals surface area contributed by atoms with E-state index in [1.807, 2.05) is 56.4 Å². The van der Waals surface area contributed by atoms with E-state index in [0.717, 1.165) is 66.3 Å². The average molecular weight is 736 g/mol. The van der Waals surface area contributed by atoms with E-state index in [2.05, 4.69) is 47.2 Å². The summed E-state index contributed by atoms with van der Waals surface area (Å²) in [5.74, 6) is -0.158. The molecule has 0 radical (unpaired) electrons. The van der Waals surface area contributed by atoms with Crippen molar-refractivity contribution in [3.8, 4) is 22.5 Å². The van der Waals surface area contributed by atoms with Crippen molar-refractivity contribution in [1.82, 2.24) is 41.9 Å². The van der Waals surface area contributed by atoms with Crippen molar-refractivity contribution in [3.63, 3.8) is 0 Å². The number of tetrazole rings is 1. The van der Waals surface area contributed by atoms with Gasteiger partial charge in [-0.2, -0.15) is 0 Å². The van der Waals surface area contributed by atoms with Crippen LogP contribution in [-0.4, -0.2) is 81.3 Å². The first kappa shape index (κ1) is 38.1. The Morgan fingerprint density at radius 1 is 0.852 bits per heavy atom. The summed E-state index contributed by atoms with van der Waals surface area (Å²) >= 11 is 0. The largest absolute Gasteiger partial charge is 0.465 e. The number of H-pyrrole nitrogens is 1. The second-order valence-corrected chi connectivity index (χ2v) is 14.5. The lowest BCUT2D eigenvalue weighted by Crippen LogP contribution is -2.48. The SMILES string of the molecule is CN[C@H]1CC[C@H](NC(=O)c2ccc(-c3ccc(C[C@H](NC(=O)C4CCC(CNC(=O)O)CC4)C(=O)Nc4ccc(-c5nnn[nH]5)cc4)cc3)c(C)c2)CC1. The minimum Gasteiger partial charge on any atom is -0.465 e. The van der Waals surface area contributed by atoms with Crippen LogP contribution in [0, 0.1) is 18.8 Å². The molecule has 14 heteroatoms. The van der Waals surface area contributed by atoms with Crippen LogP contribution in [0.15, 0.2) is 66.7 Å². The number of aryl methyl sites for hydroxylation is 1. The smallest absolute Gasteiger partial charge is 0.404 e. The van der Waals surface area contributed by atoms with Crippen molar-refractivity contribution in [2.45, 2.75) is 82.8 Å². The molecule has 3 aromatic carbocycles. The zero-order valence-electron chi connectivity index (χ0n) is 30.7. The third kappa shape index (κ3) is 10.1. The monoisotopic (exact) mass is 735 g/mol. The van der Waals surface area contributed by atoms with E-state index >= 15 is 0 Å². The van der Waals surface area contributed by atoms with Gasteiger partial charge in [0.25, 0.3) is 5.91 Å². The Labute approximate surface area is 314 Å². The van der Waals surface area contributed by atoms with Gasteiger partial charge >= 0.3 is 6.09 Å². The van der Waals surface area contributed by atoms with E-state index < -0.39 is 12.1 Å². The number of rotatable bonds is 13. The molecule has 2 aliphatic rings. The third-order valence-corrected chi connectivity index (χ3v) is 10.8. The number of nitrogens with zero attached hydrogens (tertiary/aromatic N) is 3. The van der Waals surface area contributed by atoms with E-state index in [4.69, 9.17) is 5.11 Å². The zero-order valence-corrected chi connectivity index (χ0v) is 30.7. The van der Waals surface area contributed by atoms with Gasteiger partial charge in [-0.3, -0.25) is 14.4 Å². The molecule has 4 aromatic rings.